The molecule has 0 radical (unpaired) electrons. The van der Waals surface area contributed by atoms with Crippen LogP contribution in [0.3, 0.4) is 0 Å². The summed E-state index contributed by atoms with van der Waals surface area (Å²) < 4.78 is 0.803. The maximum Gasteiger partial charge on any atom is 0.135 e. The van der Waals surface area contributed by atoms with Crippen LogP contribution in [0.5, 0.6) is 0 Å². The quantitative estimate of drug-likeness (QED) is 0.759. The molecule has 0 saturated carbocycles. The van der Waals surface area contributed by atoms with Crippen molar-refractivity contribution in [2.45, 2.75) is 13.5 Å². The van der Waals surface area contributed by atoms with Gasteiger partial charge in [-0.3, -0.25) is 0 Å². The van der Waals surface area contributed by atoms with E-state index in [1.165, 1.54) is 0 Å². The lowest BCUT2D eigenvalue weighted by atomic mass is 10.3. The van der Waals surface area contributed by atoms with Crippen LogP contribution in [0, 0.1) is 6.92 Å². The van der Waals surface area contributed by atoms with E-state index >= 15 is 0 Å². The highest BCUT2D eigenvalue weighted by molar-refractivity contribution is 9.10. The third-order valence-corrected chi connectivity index (χ3v) is 2.33. The number of pyridine rings is 1. The van der Waals surface area contributed by atoms with Crippen LogP contribution in [0.1, 0.15) is 11.3 Å². The molecule has 0 amide bonds. The van der Waals surface area contributed by atoms with Crippen molar-refractivity contribution in [2.75, 3.05) is 0 Å². The van der Waals surface area contributed by atoms with Gasteiger partial charge < -0.3 is 5.11 Å². The first-order valence-electron chi connectivity index (χ1n) is 3.07. The minimum atomic E-state index is -0.0906. The number of nitrogens with zero attached hydrogens (tertiary/aromatic N) is 1. The van der Waals surface area contributed by atoms with Crippen molar-refractivity contribution in [2.24, 2.45) is 0 Å². The zero-order valence-corrected chi connectivity index (χ0v) is 8.28. The van der Waals surface area contributed by atoms with Crippen LogP contribution in [0.15, 0.2) is 10.5 Å². The van der Waals surface area contributed by atoms with Gasteiger partial charge >= 0.3 is 0 Å². The first-order chi connectivity index (χ1) is 5.15. The van der Waals surface area contributed by atoms with Gasteiger partial charge in [-0.1, -0.05) is 27.5 Å². The Labute approximate surface area is 78.3 Å². The Balaban J connectivity index is 3.25. The Morgan fingerprint density at radius 3 is 2.82 bits per heavy atom. The number of rotatable bonds is 1. The molecule has 2 nitrogen and oxygen atoms in total. The molecular formula is C7H7BrClNO. The molecule has 0 saturated heterocycles. The van der Waals surface area contributed by atoms with Gasteiger partial charge in [-0.25, -0.2) is 4.98 Å². The highest BCUT2D eigenvalue weighted by atomic mass is 79.9. The number of aliphatic hydroxyl groups excluding tert-OH is 1. The first kappa shape index (κ1) is 8.97. The van der Waals surface area contributed by atoms with E-state index in [1.807, 2.05) is 13.0 Å². The second-order valence-electron chi connectivity index (χ2n) is 2.17. The van der Waals surface area contributed by atoms with Crippen LogP contribution in [0.4, 0.5) is 0 Å². The van der Waals surface area contributed by atoms with Gasteiger partial charge in [-0.15, -0.1) is 0 Å². The number of aromatic nitrogens is 1. The standard InChI is InChI=1S/C7H7BrClNO/c1-4-2-6(8)5(3-11)7(9)10-4/h2,11H,3H2,1H3. The summed E-state index contributed by atoms with van der Waals surface area (Å²) in [5.41, 5.74) is 1.47. The van der Waals surface area contributed by atoms with Crippen LogP contribution in [0.25, 0.3) is 0 Å². The van der Waals surface area contributed by atoms with E-state index in [9.17, 15) is 0 Å². The molecule has 1 aromatic heterocycles. The third kappa shape index (κ3) is 1.92. The van der Waals surface area contributed by atoms with Crippen molar-refractivity contribution in [1.82, 2.24) is 4.98 Å². The Kier molecular flexibility index (Phi) is 2.87. The summed E-state index contributed by atoms with van der Waals surface area (Å²) in [6.07, 6.45) is 0. The summed E-state index contributed by atoms with van der Waals surface area (Å²) in [4.78, 5) is 3.98. The van der Waals surface area contributed by atoms with Crippen molar-refractivity contribution < 1.29 is 5.11 Å². The monoisotopic (exact) mass is 235 g/mol. The molecule has 1 N–H and O–H groups in total. The highest BCUT2D eigenvalue weighted by Gasteiger charge is 2.05. The van der Waals surface area contributed by atoms with Gasteiger partial charge in [-0.05, 0) is 13.0 Å². The van der Waals surface area contributed by atoms with Crippen LogP contribution in [-0.4, -0.2) is 10.1 Å². The average molecular weight is 236 g/mol. The van der Waals surface area contributed by atoms with Crippen molar-refractivity contribution in [3.8, 4) is 0 Å². The van der Waals surface area contributed by atoms with Crippen molar-refractivity contribution >= 4 is 27.5 Å². The number of aliphatic hydroxyl groups is 1. The minimum Gasteiger partial charge on any atom is -0.392 e. The van der Waals surface area contributed by atoms with Crippen molar-refractivity contribution in [3.63, 3.8) is 0 Å². The average Bonchev–Trinajstić information content (AvgIpc) is 1.85. The molecule has 1 aromatic rings. The largest absolute Gasteiger partial charge is 0.392 e. The Hall–Kier alpha value is -0.120. The number of hydrogen-bond acceptors (Lipinski definition) is 2. The fourth-order valence-electron chi connectivity index (χ4n) is 0.764. The summed E-state index contributed by atoms with van der Waals surface area (Å²) in [5.74, 6) is 0. The number of hydrogen-bond donors (Lipinski definition) is 1. The minimum absolute atomic E-state index is 0.0906. The summed E-state index contributed by atoms with van der Waals surface area (Å²) in [6.45, 7) is 1.75. The van der Waals surface area contributed by atoms with Crippen LogP contribution in [0.2, 0.25) is 5.15 Å². The zero-order valence-electron chi connectivity index (χ0n) is 5.93. The van der Waals surface area contributed by atoms with E-state index in [0.717, 1.165) is 10.2 Å². The maximum atomic E-state index is 8.84. The van der Waals surface area contributed by atoms with Crippen molar-refractivity contribution in [3.05, 3.63) is 26.9 Å². The van der Waals surface area contributed by atoms with Gasteiger partial charge in [0.25, 0.3) is 0 Å². The molecule has 4 heteroatoms. The summed E-state index contributed by atoms with van der Waals surface area (Å²) in [6, 6.07) is 1.82. The molecule has 0 fully saturated rings. The fourth-order valence-corrected chi connectivity index (χ4v) is 1.82. The summed E-state index contributed by atoms with van der Waals surface area (Å²) in [7, 11) is 0. The highest BCUT2D eigenvalue weighted by Crippen LogP contribution is 2.23. The molecule has 0 spiro atoms. The molecule has 0 aliphatic carbocycles. The third-order valence-electron chi connectivity index (χ3n) is 1.31. The van der Waals surface area contributed by atoms with E-state index in [2.05, 4.69) is 20.9 Å². The SMILES string of the molecule is Cc1cc(Br)c(CO)c(Cl)n1. The van der Waals surface area contributed by atoms with Crippen LogP contribution < -0.4 is 0 Å². The molecule has 0 aliphatic heterocycles. The molecule has 1 rings (SSSR count). The molecule has 0 atom stereocenters. The second kappa shape index (κ2) is 3.52. The van der Waals surface area contributed by atoms with E-state index in [1.54, 1.807) is 0 Å². The van der Waals surface area contributed by atoms with Crippen molar-refractivity contribution in [1.29, 1.82) is 0 Å². The lowest BCUT2D eigenvalue weighted by Crippen LogP contribution is -1.92. The lowest BCUT2D eigenvalue weighted by Gasteiger charge is -2.03. The van der Waals surface area contributed by atoms with Gasteiger partial charge in [-0.2, -0.15) is 0 Å². The molecule has 11 heavy (non-hydrogen) atoms. The molecule has 0 bridgehead atoms. The van der Waals surface area contributed by atoms with Crippen LogP contribution in [-0.2, 0) is 6.61 Å². The molecule has 0 aliphatic rings. The Bertz CT molecular complexity index is 254. The molecular weight excluding hydrogens is 229 g/mol. The Morgan fingerprint density at radius 2 is 2.36 bits per heavy atom. The second-order valence-corrected chi connectivity index (χ2v) is 3.39. The summed E-state index contributed by atoms with van der Waals surface area (Å²) in [5, 5.41) is 9.20. The normalized spacial score (nSPS) is 10.2. The number of aryl methyl sites for hydroxylation is 1. The smallest absolute Gasteiger partial charge is 0.135 e. The van der Waals surface area contributed by atoms with E-state index in [-0.39, 0.29) is 6.61 Å². The fraction of sp³-hybridized carbons (Fsp3) is 0.286. The van der Waals surface area contributed by atoms with Gasteiger partial charge in [0.15, 0.2) is 0 Å². The molecule has 0 unspecified atom stereocenters. The van der Waals surface area contributed by atoms with E-state index in [0.29, 0.717) is 10.7 Å². The maximum absolute atomic E-state index is 8.84. The van der Waals surface area contributed by atoms with Gasteiger partial charge in [0.05, 0.1) is 6.61 Å². The van der Waals surface area contributed by atoms with E-state index in [4.69, 9.17) is 16.7 Å². The number of halogens is 2. The van der Waals surface area contributed by atoms with Gasteiger partial charge in [0.1, 0.15) is 5.15 Å². The molecule has 0 aromatic carbocycles. The van der Waals surface area contributed by atoms with Gasteiger partial charge in [0.2, 0.25) is 0 Å². The van der Waals surface area contributed by atoms with Crippen LogP contribution >= 0.6 is 27.5 Å². The Morgan fingerprint density at radius 1 is 1.73 bits per heavy atom. The first-order valence-corrected chi connectivity index (χ1v) is 4.24. The van der Waals surface area contributed by atoms with E-state index < -0.39 is 0 Å². The topological polar surface area (TPSA) is 33.1 Å². The predicted molar refractivity (Wildman–Crippen MR) is 47.6 cm³/mol. The lowest BCUT2D eigenvalue weighted by molar-refractivity contribution is 0.280. The predicted octanol–water partition coefficient (Wildman–Crippen LogP) is 2.30. The summed E-state index contributed by atoms with van der Waals surface area (Å²) >= 11 is 9.01. The van der Waals surface area contributed by atoms with Gasteiger partial charge in [0, 0.05) is 15.7 Å². The molecule has 1 heterocycles. The zero-order chi connectivity index (χ0) is 8.43. The molecule has 60 valence electrons.